The normalized spacial score (nSPS) is 17.0. The fourth-order valence-corrected chi connectivity index (χ4v) is 6.22. The Hall–Kier alpha value is -3.84. The second-order valence-electron chi connectivity index (χ2n) is 10.1. The third kappa shape index (κ3) is 5.64. The van der Waals surface area contributed by atoms with Gasteiger partial charge in [0.15, 0.2) is 5.78 Å². The van der Waals surface area contributed by atoms with E-state index in [1.54, 1.807) is 25.1 Å². The number of aromatic amines is 1. The van der Waals surface area contributed by atoms with Gasteiger partial charge in [0.2, 0.25) is 0 Å². The average molecular weight is 541 g/mol. The predicted molar refractivity (Wildman–Crippen MR) is 155 cm³/mol. The number of aromatic nitrogens is 1. The number of pyridine rings is 1. The van der Waals surface area contributed by atoms with Crippen molar-refractivity contribution in [3.05, 3.63) is 106 Å². The molecule has 0 spiro atoms. The molecule has 2 aliphatic rings. The Morgan fingerprint density at radius 1 is 1.10 bits per heavy atom. The maximum absolute atomic E-state index is 13.8. The van der Waals surface area contributed by atoms with Crippen molar-refractivity contribution in [3.63, 3.8) is 0 Å². The van der Waals surface area contributed by atoms with Gasteiger partial charge in [-0.3, -0.25) is 4.79 Å². The first-order valence-corrected chi connectivity index (χ1v) is 14.2. The standard InChI is InChI=1S/C32H33N3O3S/c1-19-10-13-24(14-11-19)39-18-23-17-22(12-15-27(23)38-4)29-28(32(37)35-31-20(2)7-6-16-33-31)21(3)34-25-8-5-9-26(36)30(25)29/h6-7,10-17,29,34H,5,8-9,18H2,1-4H3,(H,33,35,37)/p+1. The quantitative estimate of drug-likeness (QED) is 0.358. The Labute approximate surface area is 234 Å². The molecular weight excluding hydrogens is 506 g/mol. The van der Waals surface area contributed by atoms with Crippen LogP contribution in [0.5, 0.6) is 5.75 Å². The summed E-state index contributed by atoms with van der Waals surface area (Å²) in [5.41, 5.74) is 7.05. The van der Waals surface area contributed by atoms with Gasteiger partial charge in [0, 0.05) is 51.1 Å². The van der Waals surface area contributed by atoms with Crippen molar-refractivity contribution in [2.24, 2.45) is 0 Å². The second kappa shape index (κ2) is 11.5. The summed E-state index contributed by atoms with van der Waals surface area (Å²) in [6, 6.07) is 18.3. The number of H-pyrrole nitrogens is 1. The fraction of sp³-hybridized carbons (Fsp3) is 0.281. The monoisotopic (exact) mass is 540 g/mol. The van der Waals surface area contributed by atoms with Gasteiger partial charge in [-0.05, 0) is 69.5 Å². The summed E-state index contributed by atoms with van der Waals surface area (Å²) in [6.45, 7) is 5.94. The van der Waals surface area contributed by atoms with Crippen LogP contribution in [0.4, 0.5) is 5.82 Å². The molecule has 1 unspecified atom stereocenters. The van der Waals surface area contributed by atoms with Gasteiger partial charge in [-0.2, -0.15) is 0 Å². The van der Waals surface area contributed by atoms with Crippen molar-refractivity contribution in [1.82, 2.24) is 5.32 Å². The number of dihydropyridines is 1. The summed E-state index contributed by atoms with van der Waals surface area (Å²) < 4.78 is 5.71. The van der Waals surface area contributed by atoms with Gasteiger partial charge in [0.25, 0.3) is 5.82 Å². The molecule has 0 fully saturated rings. The highest BCUT2D eigenvalue weighted by Gasteiger charge is 2.40. The molecule has 5 rings (SSSR count). The number of rotatable bonds is 7. The zero-order chi connectivity index (χ0) is 27.5. The molecule has 1 atom stereocenters. The molecule has 39 heavy (non-hydrogen) atoms. The number of carbonyl (C=O) groups is 2. The highest BCUT2D eigenvalue weighted by atomic mass is 32.2. The van der Waals surface area contributed by atoms with E-state index in [9.17, 15) is 9.59 Å². The van der Waals surface area contributed by atoms with E-state index in [1.807, 2.05) is 38.1 Å². The van der Waals surface area contributed by atoms with Crippen molar-refractivity contribution >= 4 is 29.3 Å². The SMILES string of the molecule is COc1ccc(C2C(C(=O)Nc3[nH+]cccc3C)=C(C)NC3=C2C(=O)CCC3)cc1CSc1ccc(C)cc1. The van der Waals surface area contributed by atoms with Crippen molar-refractivity contribution in [3.8, 4) is 5.75 Å². The summed E-state index contributed by atoms with van der Waals surface area (Å²) in [6.07, 6.45) is 3.88. The number of carbonyl (C=O) groups excluding carboxylic acids is 2. The lowest BCUT2D eigenvalue weighted by molar-refractivity contribution is -0.361. The van der Waals surface area contributed by atoms with E-state index >= 15 is 0 Å². The Kier molecular flexibility index (Phi) is 7.89. The summed E-state index contributed by atoms with van der Waals surface area (Å²) >= 11 is 1.73. The smallest absolute Gasteiger partial charge is 0.337 e. The highest BCUT2D eigenvalue weighted by Crippen LogP contribution is 2.44. The topological polar surface area (TPSA) is 81.6 Å². The molecule has 200 valence electrons. The fourth-order valence-electron chi connectivity index (χ4n) is 5.34. The number of allylic oxidation sites excluding steroid dienone is 3. The van der Waals surface area contributed by atoms with Crippen LogP contribution in [0.25, 0.3) is 0 Å². The van der Waals surface area contributed by atoms with Gasteiger partial charge in [-0.1, -0.05) is 29.8 Å². The van der Waals surface area contributed by atoms with Gasteiger partial charge in [-0.25, -0.2) is 15.1 Å². The van der Waals surface area contributed by atoms with Crippen LogP contribution in [-0.2, 0) is 15.3 Å². The molecule has 2 heterocycles. The van der Waals surface area contributed by atoms with Crippen LogP contribution in [0.2, 0.25) is 0 Å². The molecular formula is C32H34N3O3S+. The zero-order valence-electron chi connectivity index (χ0n) is 22.8. The molecule has 6 nitrogen and oxygen atoms in total. The van der Waals surface area contributed by atoms with Crippen molar-refractivity contribution in [2.75, 3.05) is 12.4 Å². The van der Waals surface area contributed by atoms with E-state index in [-0.39, 0.29) is 11.7 Å². The van der Waals surface area contributed by atoms with E-state index in [1.165, 1.54) is 10.5 Å². The first kappa shape index (κ1) is 26.8. The molecule has 7 heteroatoms. The van der Waals surface area contributed by atoms with Gasteiger partial charge < -0.3 is 10.1 Å². The lowest BCUT2D eigenvalue weighted by Gasteiger charge is -2.34. The number of hydrogen-bond donors (Lipinski definition) is 2. The van der Waals surface area contributed by atoms with Gasteiger partial charge in [-0.15, -0.1) is 11.8 Å². The minimum absolute atomic E-state index is 0.0976. The lowest BCUT2D eigenvalue weighted by atomic mass is 9.74. The zero-order valence-corrected chi connectivity index (χ0v) is 23.6. The molecule has 0 bridgehead atoms. The molecule has 1 aliphatic heterocycles. The molecule has 1 amide bonds. The van der Waals surface area contributed by atoms with Crippen LogP contribution in [0.1, 0.15) is 54.4 Å². The van der Waals surface area contributed by atoms with E-state index in [2.05, 4.69) is 52.9 Å². The molecule has 0 saturated carbocycles. The molecule has 2 aromatic carbocycles. The number of aryl methyl sites for hydroxylation is 2. The molecule has 3 N–H and O–H groups in total. The summed E-state index contributed by atoms with van der Waals surface area (Å²) in [7, 11) is 1.67. The first-order chi connectivity index (χ1) is 18.9. The van der Waals surface area contributed by atoms with Crippen LogP contribution in [0.15, 0.2) is 88.2 Å². The highest BCUT2D eigenvalue weighted by molar-refractivity contribution is 7.98. The number of amides is 1. The predicted octanol–water partition coefficient (Wildman–Crippen LogP) is 6.03. The summed E-state index contributed by atoms with van der Waals surface area (Å²) in [4.78, 5) is 31.5. The summed E-state index contributed by atoms with van der Waals surface area (Å²) in [5.74, 6) is 1.53. The lowest BCUT2D eigenvalue weighted by Crippen LogP contribution is -2.36. The Morgan fingerprint density at radius 2 is 1.90 bits per heavy atom. The molecule has 1 aromatic heterocycles. The number of anilines is 1. The molecule has 1 aliphatic carbocycles. The van der Waals surface area contributed by atoms with E-state index < -0.39 is 5.92 Å². The third-order valence-electron chi connectivity index (χ3n) is 7.38. The maximum atomic E-state index is 13.8. The minimum Gasteiger partial charge on any atom is -0.496 e. The number of nitrogens with one attached hydrogen (secondary N) is 3. The average Bonchev–Trinajstić information content (AvgIpc) is 2.93. The minimum atomic E-state index is -0.466. The number of Topliss-reactive ketones (excluding diaryl/α,β-unsaturated/α-hetero) is 1. The van der Waals surface area contributed by atoms with Crippen molar-refractivity contribution < 1.29 is 19.3 Å². The number of ketones is 1. The molecule has 0 radical (unpaired) electrons. The number of thioether (sulfide) groups is 1. The Balaban J connectivity index is 1.55. The maximum Gasteiger partial charge on any atom is 0.337 e. The van der Waals surface area contributed by atoms with E-state index in [4.69, 9.17) is 4.74 Å². The van der Waals surface area contributed by atoms with Crippen LogP contribution < -0.4 is 20.4 Å². The van der Waals surface area contributed by atoms with Crippen LogP contribution >= 0.6 is 11.8 Å². The third-order valence-corrected chi connectivity index (χ3v) is 8.44. The Bertz CT molecular complexity index is 1490. The van der Waals surface area contributed by atoms with Crippen molar-refractivity contribution in [1.29, 1.82) is 0 Å². The van der Waals surface area contributed by atoms with Gasteiger partial charge in [0.05, 0.1) is 18.9 Å². The van der Waals surface area contributed by atoms with Crippen LogP contribution in [0.3, 0.4) is 0 Å². The van der Waals surface area contributed by atoms with Gasteiger partial charge >= 0.3 is 5.91 Å². The van der Waals surface area contributed by atoms with Crippen LogP contribution in [0, 0.1) is 13.8 Å². The van der Waals surface area contributed by atoms with Crippen molar-refractivity contribution in [2.45, 2.75) is 56.6 Å². The number of ether oxygens (including phenoxy) is 1. The number of benzene rings is 2. The molecule has 3 aromatic rings. The number of hydrogen-bond acceptors (Lipinski definition) is 5. The van der Waals surface area contributed by atoms with Gasteiger partial charge in [0.1, 0.15) is 5.75 Å². The molecule has 0 saturated heterocycles. The number of methoxy groups -OCH3 is 1. The van der Waals surface area contributed by atoms with E-state index in [0.717, 1.165) is 46.7 Å². The van der Waals surface area contributed by atoms with Crippen LogP contribution in [-0.4, -0.2) is 18.8 Å². The Morgan fingerprint density at radius 3 is 2.64 bits per heavy atom. The summed E-state index contributed by atoms with van der Waals surface area (Å²) in [5, 5.41) is 6.46. The second-order valence-corrected chi connectivity index (χ2v) is 11.2. The van der Waals surface area contributed by atoms with E-state index in [0.29, 0.717) is 29.1 Å². The largest absolute Gasteiger partial charge is 0.496 e. The first-order valence-electron chi connectivity index (χ1n) is 13.2.